The van der Waals surface area contributed by atoms with Crippen molar-refractivity contribution >= 4 is 44.9 Å². The summed E-state index contributed by atoms with van der Waals surface area (Å²) in [6.45, 7) is 4.72. The number of para-hydroxylation sites is 3. The third-order valence-corrected chi connectivity index (χ3v) is 9.43. The zero-order chi connectivity index (χ0) is 24.0. The summed E-state index contributed by atoms with van der Waals surface area (Å²) >= 11 is 1.94. The lowest BCUT2D eigenvalue weighted by Crippen LogP contribution is -2.26. The number of allylic oxidation sites excluding steroid dienone is 3. The number of fused-ring (bicyclic) bond motifs is 6. The summed E-state index contributed by atoms with van der Waals surface area (Å²) in [6, 6.07) is 31.7. The zero-order valence-electron chi connectivity index (χ0n) is 20.5. The van der Waals surface area contributed by atoms with Crippen molar-refractivity contribution in [1.82, 2.24) is 4.57 Å². The molecule has 0 N–H and O–H groups in total. The lowest BCUT2D eigenvalue weighted by Gasteiger charge is -2.35. The van der Waals surface area contributed by atoms with Gasteiger partial charge in [0.25, 0.3) is 0 Å². The largest absolute Gasteiger partial charge is 0.309 e. The molecular formula is C33H26N2S. The van der Waals surface area contributed by atoms with Crippen LogP contribution >= 0.6 is 11.8 Å². The summed E-state index contributed by atoms with van der Waals surface area (Å²) in [6.07, 6.45) is 6.86. The van der Waals surface area contributed by atoms with Gasteiger partial charge in [-0.2, -0.15) is 0 Å². The fraction of sp³-hybridized carbons (Fsp3) is 0.152. The van der Waals surface area contributed by atoms with Crippen molar-refractivity contribution in [2.45, 2.75) is 37.0 Å². The Hall–Kier alpha value is -3.69. The van der Waals surface area contributed by atoms with Crippen molar-refractivity contribution in [2.75, 3.05) is 4.90 Å². The van der Waals surface area contributed by atoms with E-state index in [2.05, 4.69) is 120 Å². The van der Waals surface area contributed by atoms with Gasteiger partial charge in [0.1, 0.15) is 0 Å². The van der Waals surface area contributed by atoms with E-state index < -0.39 is 0 Å². The highest BCUT2D eigenvalue weighted by atomic mass is 32.2. The van der Waals surface area contributed by atoms with Gasteiger partial charge in [0.05, 0.1) is 28.1 Å². The van der Waals surface area contributed by atoms with E-state index in [-0.39, 0.29) is 5.41 Å². The lowest BCUT2D eigenvalue weighted by atomic mass is 9.75. The average Bonchev–Trinajstić information content (AvgIpc) is 3.25. The molecule has 2 aliphatic heterocycles. The molecule has 0 fully saturated rings. The van der Waals surface area contributed by atoms with Crippen molar-refractivity contribution in [2.24, 2.45) is 0 Å². The topological polar surface area (TPSA) is 8.17 Å². The summed E-state index contributed by atoms with van der Waals surface area (Å²) in [5.74, 6) is 0. The van der Waals surface area contributed by atoms with Gasteiger partial charge < -0.3 is 9.47 Å². The van der Waals surface area contributed by atoms with Crippen molar-refractivity contribution in [3.8, 4) is 5.69 Å². The van der Waals surface area contributed by atoms with Crippen molar-refractivity contribution in [1.29, 1.82) is 0 Å². The molecule has 0 amide bonds. The Morgan fingerprint density at radius 2 is 1.58 bits per heavy atom. The first-order valence-electron chi connectivity index (χ1n) is 12.8. The second-order valence-corrected chi connectivity index (χ2v) is 11.7. The van der Waals surface area contributed by atoms with Crippen LogP contribution in [0.15, 0.2) is 113 Å². The van der Waals surface area contributed by atoms with Crippen LogP contribution in [0.4, 0.5) is 11.4 Å². The van der Waals surface area contributed by atoms with Crippen LogP contribution in [0.5, 0.6) is 0 Å². The first kappa shape index (κ1) is 20.5. The predicted octanol–water partition coefficient (Wildman–Crippen LogP) is 9.23. The molecule has 0 bridgehead atoms. The minimum absolute atomic E-state index is 0.0427. The highest BCUT2D eigenvalue weighted by Crippen LogP contribution is 2.51. The molecule has 0 unspecified atom stereocenters. The summed E-state index contributed by atoms with van der Waals surface area (Å²) in [5.41, 5.74) is 10.5. The van der Waals surface area contributed by atoms with Crippen molar-refractivity contribution < 1.29 is 0 Å². The molecule has 3 aliphatic rings. The van der Waals surface area contributed by atoms with Crippen LogP contribution < -0.4 is 4.90 Å². The fourth-order valence-corrected chi connectivity index (χ4v) is 7.65. The average molecular weight is 483 g/mol. The maximum atomic E-state index is 2.50. The van der Waals surface area contributed by atoms with E-state index in [4.69, 9.17) is 0 Å². The number of thioether (sulfide) groups is 1. The Balaban J connectivity index is 1.44. The molecule has 0 saturated carbocycles. The SMILES string of the molecule is CC1(C)c2ccccc2-n2c3ccc(N4C5=C(CCC=C5)Sc5ccccc54)cc3c3cccc1c32. The minimum Gasteiger partial charge on any atom is -0.309 e. The molecular weight excluding hydrogens is 456 g/mol. The molecule has 2 nitrogen and oxygen atoms in total. The highest BCUT2D eigenvalue weighted by Gasteiger charge is 2.35. The first-order chi connectivity index (χ1) is 17.6. The van der Waals surface area contributed by atoms with E-state index >= 15 is 0 Å². The van der Waals surface area contributed by atoms with Crippen LogP contribution in [0, 0.1) is 0 Å². The highest BCUT2D eigenvalue weighted by molar-refractivity contribution is 8.03. The summed E-state index contributed by atoms with van der Waals surface area (Å²) in [7, 11) is 0. The molecule has 4 aromatic carbocycles. The molecule has 0 atom stereocenters. The van der Waals surface area contributed by atoms with Crippen LogP contribution in [0.1, 0.15) is 37.8 Å². The van der Waals surface area contributed by atoms with E-state index in [9.17, 15) is 0 Å². The van der Waals surface area contributed by atoms with Crippen LogP contribution in [-0.4, -0.2) is 4.57 Å². The standard InChI is InChI=1S/C33H26N2S/c1-33(2)24-11-3-4-13-27(24)35-26-19-18-21(20-23(26)22-10-9-12-25(33)32(22)35)34-28-14-5-7-16-30(28)36-31-17-8-6-15-29(31)34/h3-7,9-16,18-20H,8,17H2,1-2H3. The van der Waals surface area contributed by atoms with Gasteiger partial charge in [0, 0.05) is 31.7 Å². The van der Waals surface area contributed by atoms with Gasteiger partial charge in [-0.15, -0.1) is 0 Å². The zero-order valence-corrected chi connectivity index (χ0v) is 21.3. The Morgan fingerprint density at radius 1 is 0.778 bits per heavy atom. The van der Waals surface area contributed by atoms with Crippen molar-refractivity contribution in [3.63, 3.8) is 0 Å². The maximum Gasteiger partial charge on any atom is 0.0601 e. The Kier molecular flexibility index (Phi) is 4.09. The van der Waals surface area contributed by atoms with Gasteiger partial charge in [-0.05, 0) is 66.4 Å². The summed E-state index contributed by atoms with van der Waals surface area (Å²) < 4.78 is 2.50. The second kappa shape index (κ2) is 7.18. The quantitative estimate of drug-likeness (QED) is 0.235. The minimum atomic E-state index is -0.0427. The molecule has 0 spiro atoms. The van der Waals surface area contributed by atoms with Crippen LogP contribution in [-0.2, 0) is 5.41 Å². The number of benzene rings is 4. The molecule has 0 radical (unpaired) electrons. The predicted molar refractivity (Wildman–Crippen MR) is 153 cm³/mol. The molecule has 1 aliphatic carbocycles. The van der Waals surface area contributed by atoms with Gasteiger partial charge in [-0.25, -0.2) is 0 Å². The monoisotopic (exact) mass is 482 g/mol. The van der Waals surface area contributed by atoms with Crippen LogP contribution in [0.25, 0.3) is 27.5 Å². The molecule has 3 heterocycles. The van der Waals surface area contributed by atoms with E-state index in [1.807, 2.05) is 11.8 Å². The van der Waals surface area contributed by atoms with E-state index in [1.54, 1.807) is 0 Å². The van der Waals surface area contributed by atoms with Gasteiger partial charge in [-0.3, -0.25) is 0 Å². The third-order valence-electron chi connectivity index (χ3n) is 8.20. The van der Waals surface area contributed by atoms with E-state index in [0.29, 0.717) is 0 Å². The molecule has 3 heteroatoms. The van der Waals surface area contributed by atoms with Crippen molar-refractivity contribution in [3.05, 3.63) is 119 Å². The number of anilines is 2. The van der Waals surface area contributed by atoms with Gasteiger partial charge in [-0.1, -0.05) is 80.2 Å². The molecule has 5 aromatic rings. The van der Waals surface area contributed by atoms with Gasteiger partial charge in [0.15, 0.2) is 0 Å². The van der Waals surface area contributed by atoms with E-state index in [0.717, 1.165) is 12.8 Å². The Labute approximate surface area is 215 Å². The smallest absolute Gasteiger partial charge is 0.0601 e. The van der Waals surface area contributed by atoms with Gasteiger partial charge in [0.2, 0.25) is 0 Å². The Morgan fingerprint density at radius 3 is 2.50 bits per heavy atom. The summed E-state index contributed by atoms with van der Waals surface area (Å²) in [4.78, 5) is 5.28. The number of rotatable bonds is 1. The molecule has 0 saturated heterocycles. The maximum absolute atomic E-state index is 2.50. The fourth-order valence-electron chi connectivity index (χ4n) is 6.49. The third kappa shape index (κ3) is 2.59. The summed E-state index contributed by atoms with van der Waals surface area (Å²) in [5, 5.41) is 2.65. The molecule has 36 heavy (non-hydrogen) atoms. The number of aromatic nitrogens is 1. The second-order valence-electron chi connectivity index (χ2n) is 10.5. The lowest BCUT2D eigenvalue weighted by molar-refractivity contribution is 0.630. The number of nitrogens with zero attached hydrogens (tertiary/aromatic N) is 2. The molecule has 8 rings (SSSR count). The molecule has 174 valence electrons. The van der Waals surface area contributed by atoms with E-state index in [1.165, 1.54) is 65.5 Å². The first-order valence-corrected chi connectivity index (χ1v) is 13.6. The Bertz CT molecular complexity index is 1800. The van der Waals surface area contributed by atoms with Gasteiger partial charge >= 0.3 is 0 Å². The molecule has 1 aromatic heterocycles. The number of hydrogen-bond acceptors (Lipinski definition) is 2. The normalized spacial score (nSPS) is 17.3. The number of hydrogen-bond donors (Lipinski definition) is 0. The van der Waals surface area contributed by atoms with Crippen LogP contribution in [0.2, 0.25) is 0 Å². The van der Waals surface area contributed by atoms with Crippen LogP contribution in [0.3, 0.4) is 0 Å².